The van der Waals surface area contributed by atoms with Gasteiger partial charge in [-0.25, -0.2) is 4.39 Å². The van der Waals surface area contributed by atoms with E-state index in [1.165, 1.54) is 13.2 Å². The van der Waals surface area contributed by atoms with Crippen molar-refractivity contribution < 1.29 is 9.13 Å². The van der Waals surface area contributed by atoms with E-state index in [0.29, 0.717) is 17.7 Å². The van der Waals surface area contributed by atoms with E-state index in [-0.39, 0.29) is 16.9 Å². The van der Waals surface area contributed by atoms with Crippen LogP contribution in [-0.2, 0) is 6.42 Å². The Kier molecular flexibility index (Phi) is 3.72. The first-order valence-corrected chi connectivity index (χ1v) is 4.70. The Hall–Kier alpha value is -0.800. The van der Waals surface area contributed by atoms with E-state index in [2.05, 4.69) is 0 Å². The minimum Gasteiger partial charge on any atom is -0.495 e. The average molecular weight is 218 g/mol. The maximum atomic E-state index is 13.3. The van der Waals surface area contributed by atoms with E-state index >= 15 is 0 Å². The molecule has 0 amide bonds. The molecule has 2 N–H and O–H groups in total. The topological polar surface area (TPSA) is 35.2 Å². The lowest BCUT2D eigenvalue weighted by molar-refractivity contribution is 0.412. The highest BCUT2D eigenvalue weighted by atomic mass is 35.5. The zero-order valence-electron chi connectivity index (χ0n) is 8.18. The molecule has 1 aromatic carbocycles. The summed E-state index contributed by atoms with van der Waals surface area (Å²) in [7, 11) is 1.49. The zero-order valence-corrected chi connectivity index (χ0v) is 8.94. The van der Waals surface area contributed by atoms with E-state index < -0.39 is 0 Å². The van der Waals surface area contributed by atoms with Crippen LogP contribution < -0.4 is 10.5 Å². The van der Waals surface area contributed by atoms with Gasteiger partial charge in [0, 0.05) is 6.04 Å². The van der Waals surface area contributed by atoms with Gasteiger partial charge >= 0.3 is 0 Å². The highest BCUT2D eigenvalue weighted by molar-refractivity contribution is 6.32. The van der Waals surface area contributed by atoms with Crippen molar-refractivity contribution >= 4 is 11.6 Å². The third-order valence-corrected chi connectivity index (χ3v) is 2.16. The van der Waals surface area contributed by atoms with Crippen molar-refractivity contribution in [3.8, 4) is 5.75 Å². The van der Waals surface area contributed by atoms with Crippen molar-refractivity contribution in [2.24, 2.45) is 5.73 Å². The van der Waals surface area contributed by atoms with Crippen molar-refractivity contribution in [1.29, 1.82) is 0 Å². The molecule has 1 aromatic rings. The Morgan fingerprint density at radius 2 is 2.21 bits per heavy atom. The van der Waals surface area contributed by atoms with Crippen molar-refractivity contribution in [2.45, 2.75) is 19.4 Å². The molecule has 14 heavy (non-hydrogen) atoms. The lowest BCUT2D eigenvalue weighted by atomic mass is 10.1. The number of benzene rings is 1. The Balaban J connectivity index is 3.04. The van der Waals surface area contributed by atoms with Crippen LogP contribution in [-0.4, -0.2) is 13.2 Å². The zero-order chi connectivity index (χ0) is 10.7. The smallest absolute Gasteiger partial charge is 0.137 e. The summed E-state index contributed by atoms with van der Waals surface area (Å²) in [5.41, 5.74) is 6.11. The van der Waals surface area contributed by atoms with Gasteiger partial charge in [-0.15, -0.1) is 0 Å². The molecule has 2 nitrogen and oxygen atoms in total. The molecule has 1 rings (SSSR count). The molecule has 0 spiro atoms. The molecule has 4 heteroatoms. The molecular formula is C10H13ClFNO. The van der Waals surface area contributed by atoms with Crippen molar-refractivity contribution in [2.75, 3.05) is 7.11 Å². The molecule has 0 aromatic heterocycles. The molecule has 0 radical (unpaired) electrons. The predicted octanol–water partition coefficient (Wildman–Crippen LogP) is 2.38. The van der Waals surface area contributed by atoms with Crippen LogP contribution in [0.15, 0.2) is 12.1 Å². The van der Waals surface area contributed by atoms with Crippen LogP contribution in [0.4, 0.5) is 4.39 Å². The average Bonchev–Trinajstić information content (AvgIpc) is 2.09. The van der Waals surface area contributed by atoms with Gasteiger partial charge in [0.15, 0.2) is 0 Å². The number of methoxy groups -OCH3 is 1. The molecule has 1 unspecified atom stereocenters. The largest absolute Gasteiger partial charge is 0.495 e. The molecule has 0 aliphatic heterocycles. The minimum atomic E-state index is -0.340. The van der Waals surface area contributed by atoms with E-state index in [1.54, 1.807) is 6.07 Å². The maximum absolute atomic E-state index is 13.3. The summed E-state index contributed by atoms with van der Waals surface area (Å²) in [5, 5.41) is 0.276. The highest BCUT2D eigenvalue weighted by Crippen LogP contribution is 2.27. The van der Waals surface area contributed by atoms with E-state index in [9.17, 15) is 4.39 Å². The maximum Gasteiger partial charge on any atom is 0.137 e. The molecule has 1 atom stereocenters. The van der Waals surface area contributed by atoms with Gasteiger partial charge in [0.05, 0.1) is 12.1 Å². The van der Waals surface area contributed by atoms with E-state index in [1.807, 2.05) is 6.92 Å². The third-order valence-electron chi connectivity index (χ3n) is 1.86. The normalized spacial score (nSPS) is 12.6. The monoisotopic (exact) mass is 217 g/mol. The fourth-order valence-corrected chi connectivity index (χ4v) is 1.46. The second-order valence-electron chi connectivity index (χ2n) is 3.26. The number of hydrogen-bond donors (Lipinski definition) is 1. The molecule has 78 valence electrons. The van der Waals surface area contributed by atoms with Gasteiger partial charge in [0.1, 0.15) is 11.6 Å². The Morgan fingerprint density at radius 3 is 2.71 bits per heavy atom. The van der Waals surface area contributed by atoms with Crippen molar-refractivity contribution in [1.82, 2.24) is 0 Å². The summed E-state index contributed by atoms with van der Waals surface area (Å²) in [4.78, 5) is 0. The second kappa shape index (κ2) is 4.62. The highest BCUT2D eigenvalue weighted by Gasteiger charge is 2.10. The van der Waals surface area contributed by atoms with Crippen LogP contribution >= 0.6 is 11.6 Å². The summed E-state index contributed by atoms with van der Waals surface area (Å²) < 4.78 is 18.3. The Bertz CT molecular complexity index is 328. The van der Waals surface area contributed by atoms with Gasteiger partial charge in [-0.2, -0.15) is 0 Å². The summed E-state index contributed by atoms with van der Waals surface area (Å²) in [5.74, 6) is 0.136. The van der Waals surface area contributed by atoms with Crippen LogP contribution in [0.2, 0.25) is 5.02 Å². The molecule has 0 bridgehead atoms. The Morgan fingerprint density at radius 1 is 1.57 bits per heavy atom. The third kappa shape index (κ3) is 2.59. The minimum absolute atomic E-state index is 0.0876. The molecule has 0 saturated carbocycles. The summed E-state index contributed by atoms with van der Waals surface area (Å²) in [6, 6.07) is 2.74. The molecule has 0 aliphatic carbocycles. The Labute approximate surface area is 87.8 Å². The van der Waals surface area contributed by atoms with Crippen molar-refractivity contribution in [3.05, 3.63) is 28.5 Å². The first-order chi connectivity index (χ1) is 6.54. The van der Waals surface area contributed by atoms with E-state index in [0.717, 1.165) is 0 Å². The number of halogens is 2. The summed E-state index contributed by atoms with van der Waals surface area (Å²) in [6.45, 7) is 1.82. The first kappa shape index (κ1) is 11.3. The molecular weight excluding hydrogens is 205 g/mol. The molecule has 0 aliphatic rings. The summed E-state index contributed by atoms with van der Waals surface area (Å²) in [6.07, 6.45) is 0.472. The lowest BCUT2D eigenvalue weighted by Crippen LogP contribution is -2.18. The molecule has 0 saturated heterocycles. The standard InChI is InChI=1S/C10H13ClFNO/c1-6(13)3-7-4-10(14-2)8(11)5-9(7)12/h4-6H,3,13H2,1-2H3. The van der Waals surface area contributed by atoms with Crippen LogP contribution in [0.3, 0.4) is 0 Å². The van der Waals surface area contributed by atoms with Gasteiger partial charge in [-0.05, 0) is 31.0 Å². The second-order valence-corrected chi connectivity index (χ2v) is 3.67. The fourth-order valence-electron chi connectivity index (χ4n) is 1.23. The number of ether oxygens (including phenoxy) is 1. The lowest BCUT2D eigenvalue weighted by Gasteiger charge is -2.09. The first-order valence-electron chi connectivity index (χ1n) is 4.32. The van der Waals surface area contributed by atoms with E-state index in [4.69, 9.17) is 22.1 Å². The van der Waals surface area contributed by atoms with Crippen molar-refractivity contribution in [3.63, 3.8) is 0 Å². The van der Waals surface area contributed by atoms with Gasteiger partial charge < -0.3 is 10.5 Å². The van der Waals surface area contributed by atoms with Crippen LogP contribution in [0.25, 0.3) is 0 Å². The van der Waals surface area contributed by atoms with Gasteiger partial charge in [-0.3, -0.25) is 0 Å². The number of hydrogen-bond acceptors (Lipinski definition) is 2. The van der Waals surface area contributed by atoms with Crippen LogP contribution in [0.5, 0.6) is 5.75 Å². The number of rotatable bonds is 3. The van der Waals surface area contributed by atoms with Crippen LogP contribution in [0, 0.1) is 5.82 Å². The SMILES string of the molecule is COc1cc(CC(C)N)c(F)cc1Cl. The molecule has 0 fully saturated rings. The van der Waals surface area contributed by atoms with Gasteiger partial charge in [0.2, 0.25) is 0 Å². The van der Waals surface area contributed by atoms with Crippen LogP contribution in [0.1, 0.15) is 12.5 Å². The van der Waals surface area contributed by atoms with Gasteiger partial charge in [0.25, 0.3) is 0 Å². The van der Waals surface area contributed by atoms with Gasteiger partial charge in [-0.1, -0.05) is 11.6 Å². The predicted molar refractivity (Wildman–Crippen MR) is 55.3 cm³/mol. The molecule has 0 heterocycles. The fraction of sp³-hybridized carbons (Fsp3) is 0.400. The number of nitrogens with two attached hydrogens (primary N) is 1. The summed E-state index contributed by atoms with van der Waals surface area (Å²) >= 11 is 5.74. The quantitative estimate of drug-likeness (QED) is 0.844.